The predicted molar refractivity (Wildman–Crippen MR) is 102 cm³/mol. The first-order valence-electron chi connectivity index (χ1n) is 8.06. The summed E-state index contributed by atoms with van der Waals surface area (Å²) in [7, 11) is 1.30. The first-order chi connectivity index (χ1) is 12.2. The smallest absolute Gasteiger partial charge is 0.407 e. The van der Waals surface area contributed by atoms with Crippen LogP contribution in [-0.2, 0) is 20.8 Å². The number of ether oxygens (including phenoxy) is 3. The van der Waals surface area contributed by atoms with Crippen LogP contribution in [0.2, 0.25) is 0 Å². The molecule has 0 aliphatic heterocycles. The molecule has 7 heteroatoms. The number of nitrogens with one attached hydrogen (secondary N) is 1. The van der Waals surface area contributed by atoms with E-state index in [1.165, 1.54) is 7.11 Å². The molecule has 2 aromatic carbocycles. The first kappa shape index (κ1) is 20.0. The van der Waals surface area contributed by atoms with Crippen LogP contribution in [0.4, 0.5) is 4.79 Å². The summed E-state index contributed by atoms with van der Waals surface area (Å²) >= 11 is 3.12. The molecule has 0 spiro atoms. The number of carbonyl (C=O) groups excluding carboxylic acids is 2. The van der Waals surface area contributed by atoms with Crippen LogP contribution in [0.25, 0.3) is 10.8 Å². The van der Waals surface area contributed by atoms with Gasteiger partial charge in [0.15, 0.2) is 0 Å². The Kier molecular flexibility index (Phi) is 6.47. The van der Waals surface area contributed by atoms with Gasteiger partial charge >= 0.3 is 12.1 Å². The van der Waals surface area contributed by atoms with Gasteiger partial charge in [0.05, 0.1) is 7.11 Å². The fraction of sp³-hybridized carbons (Fsp3) is 0.368. The van der Waals surface area contributed by atoms with Gasteiger partial charge in [0.2, 0.25) is 5.01 Å². The Labute approximate surface area is 160 Å². The van der Waals surface area contributed by atoms with Gasteiger partial charge in [0.1, 0.15) is 11.4 Å². The first-order valence-corrected chi connectivity index (χ1v) is 8.97. The van der Waals surface area contributed by atoms with Crippen LogP contribution in [0.3, 0.4) is 0 Å². The molecule has 2 aromatic rings. The molecular formula is C19H22BrNO5. The van der Waals surface area contributed by atoms with Gasteiger partial charge in [-0.25, -0.2) is 9.59 Å². The van der Waals surface area contributed by atoms with Crippen molar-refractivity contribution in [3.63, 3.8) is 0 Å². The highest BCUT2D eigenvalue weighted by Crippen LogP contribution is 2.24. The van der Waals surface area contributed by atoms with Gasteiger partial charge < -0.3 is 19.5 Å². The van der Waals surface area contributed by atoms with E-state index >= 15 is 0 Å². The van der Waals surface area contributed by atoms with Crippen LogP contribution in [0.5, 0.6) is 5.75 Å². The van der Waals surface area contributed by atoms with E-state index in [0.29, 0.717) is 12.3 Å². The van der Waals surface area contributed by atoms with Crippen molar-refractivity contribution in [2.24, 2.45) is 0 Å². The fourth-order valence-electron chi connectivity index (χ4n) is 2.21. The minimum atomic E-state index is -0.859. The Morgan fingerprint density at radius 3 is 2.42 bits per heavy atom. The molecule has 1 amide bonds. The van der Waals surface area contributed by atoms with Crippen LogP contribution >= 0.6 is 15.9 Å². The second kappa shape index (κ2) is 8.40. The molecule has 0 heterocycles. The van der Waals surface area contributed by atoms with Gasteiger partial charge in [-0.2, -0.15) is 0 Å². The van der Waals surface area contributed by atoms with Crippen molar-refractivity contribution in [1.82, 2.24) is 5.32 Å². The second-order valence-corrected chi connectivity index (χ2v) is 7.49. The van der Waals surface area contributed by atoms with Crippen LogP contribution in [0, 0.1) is 0 Å². The highest BCUT2D eigenvalue weighted by atomic mass is 79.9. The number of alkyl halides is 1. The van der Waals surface area contributed by atoms with E-state index in [-0.39, 0.29) is 0 Å². The molecule has 0 saturated heterocycles. The average molecular weight is 424 g/mol. The highest BCUT2D eigenvalue weighted by molar-refractivity contribution is 9.09. The number of hydrogen-bond acceptors (Lipinski definition) is 5. The van der Waals surface area contributed by atoms with E-state index in [1.54, 1.807) is 6.07 Å². The molecule has 0 aliphatic carbocycles. The van der Waals surface area contributed by atoms with Gasteiger partial charge in [-0.1, -0.05) is 18.2 Å². The number of amides is 1. The lowest BCUT2D eigenvalue weighted by Crippen LogP contribution is -2.32. The van der Waals surface area contributed by atoms with E-state index in [0.717, 1.165) is 16.3 Å². The second-order valence-electron chi connectivity index (χ2n) is 6.66. The molecule has 6 nitrogen and oxygen atoms in total. The molecule has 0 radical (unpaired) electrons. The van der Waals surface area contributed by atoms with Crippen molar-refractivity contribution in [3.05, 3.63) is 42.0 Å². The SMILES string of the molecule is COC(=O)C(Br)Oc1ccc2cc(CNC(=O)OC(C)(C)C)ccc2c1. The summed E-state index contributed by atoms with van der Waals surface area (Å²) in [6.45, 7) is 5.83. The number of alkyl carbamates (subject to hydrolysis) is 1. The van der Waals surface area contributed by atoms with Crippen LogP contribution in [0.1, 0.15) is 26.3 Å². The monoisotopic (exact) mass is 423 g/mol. The Hall–Kier alpha value is -2.28. The number of hydrogen-bond donors (Lipinski definition) is 1. The molecule has 26 heavy (non-hydrogen) atoms. The normalized spacial score (nSPS) is 12.3. The van der Waals surface area contributed by atoms with Crippen LogP contribution in [0.15, 0.2) is 36.4 Å². The maximum Gasteiger partial charge on any atom is 0.407 e. The lowest BCUT2D eigenvalue weighted by molar-refractivity contribution is -0.144. The third-order valence-electron chi connectivity index (χ3n) is 3.34. The molecule has 0 fully saturated rings. The molecule has 0 aromatic heterocycles. The van der Waals surface area contributed by atoms with Gasteiger partial charge in [0, 0.05) is 6.54 Å². The zero-order valence-corrected chi connectivity index (χ0v) is 16.8. The average Bonchev–Trinajstić information content (AvgIpc) is 2.57. The molecule has 0 bridgehead atoms. The summed E-state index contributed by atoms with van der Waals surface area (Å²) < 4.78 is 15.3. The summed E-state index contributed by atoms with van der Waals surface area (Å²) in [5.41, 5.74) is 0.423. The Morgan fingerprint density at radius 1 is 1.12 bits per heavy atom. The van der Waals surface area contributed by atoms with Crippen molar-refractivity contribution in [2.45, 2.75) is 37.9 Å². The molecule has 1 unspecified atom stereocenters. The van der Waals surface area contributed by atoms with Crippen molar-refractivity contribution in [1.29, 1.82) is 0 Å². The standard InChI is InChI=1S/C19H22BrNO5/c1-19(2,3)26-18(23)21-11-12-5-6-14-10-15(8-7-13(14)9-12)25-16(20)17(22)24-4/h5-10,16H,11H2,1-4H3,(H,21,23). The van der Waals surface area contributed by atoms with Gasteiger partial charge in [-0.3, -0.25) is 0 Å². The number of methoxy groups -OCH3 is 1. The van der Waals surface area contributed by atoms with E-state index in [4.69, 9.17) is 9.47 Å². The van der Waals surface area contributed by atoms with Crippen LogP contribution < -0.4 is 10.1 Å². The Morgan fingerprint density at radius 2 is 1.77 bits per heavy atom. The zero-order valence-electron chi connectivity index (χ0n) is 15.2. The summed E-state index contributed by atoms with van der Waals surface area (Å²) in [5.74, 6) is 0.0399. The largest absolute Gasteiger partial charge is 0.467 e. The number of halogens is 1. The van der Waals surface area contributed by atoms with Gasteiger partial charge in [-0.05, 0) is 71.2 Å². The zero-order chi connectivity index (χ0) is 19.3. The van der Waals surface area contributed by atoms with Crippen molar-refractivity contribution in [3.8, 4) is 5.75 Å². The summed E-state index contributed by atoms with van der Waals surface area (Å²) in [5, 5.41) is 3.82. The third kappa shape index (κ3) is 5.91. The molecule has 0 aliphatic rings. The lowest BCUT2D eigenvalue weighted by atomic mass is 10.1. The van der Waals surface area contributed by atoms with E-state index in [2.05, 4.69) is 26.0 Å². The molecule has 0 saturated carbocycles. The number of carbonyl (C=O) groups is 2. The maximum atomic E-state index is 11.7. The summed E-state index contributed by atoms with van der Waals surface area (Å²) in [4.78, 5) is 23.1. The summed E-state index contributed by atoms with van der Waals surface area (Å²) in [6.07, 6.45) is -0.451. The Bertz CT molecular complexity index is 800. The minimum absolute atomic E-state index is 0.370. The molecular weight excluding hydrogens is 402 g/mol. The van der Waals surface area contributed by atoms with Crippen molar-refractivity contribution in [2.75, 3.05) is 7.11 Å². The number of rotatable bonds is 5. The van der Waals surface area contributed by atoms with Crippen molar-refractivity contribution < 1.29 is 23.8 Å². The minimum Gasteiger partial charge on any atom is -0.467 e. The number of benzene rings is 2. The van der Waals surface area contributed by atoms with Gasteiger partial charge in [0.25, 0.3) is 0 Å². The van der Waals surface area contributed by atoms with E-state index < -0.39 is 22.7 Å². The molecule has 1 N–H and O–H groups in total. The summed E-state index contributed by atoms with van der Waals surface area (Å²) in [6, 6.07) is 11.3. The van der Waals surface area contributed by atoms with Crippen molar-refractivity contribution >= 4 is 38.8 Å². The number of esters is 1. The van der Waals surface area contributed by atoms with E-state index in [9.17, 15) is 9.59 Å². The van der Waals surface area contributed by atoms with Crippen LogP contribution in [-0.4, -0.2) is 29.8 Å². The topological polar surface area (TPSA) is 73.9 Å². The Balaban J connectivity index is 2.04. The predicted octanol–water partition coefficient (Wildman–Crippen LogP) is 4.14. The highest BCUT2D eigenvalue weighted by Gasteiger charge is 2.17. The van der Waals surface area contributed by atoms with Gasteiger partial charge in [-0.15, -0.1) is 0 Å². The quantitative estimate of drug-likeness (QED) is 0.577. The molecule has 1 atom stereocenters. The lowest BCUT2D eigenvalue weighted by Gasteiger charge is -2.19. The molecule has 140 valence electrons. The number of fused-ring (bicyclic) bond motifs is 1. The third-order valence-corrected chi connectivity index (χ3v) is 3.90. The molecule has 2 rings (SSSR count). The maximum absolute atomic E-state index is 11.7. The fourth-order valence-corrected chi connectivity index (χ4v) is 2.61. The van der Waals surface area contributed by atoms with E-state index in [1.807, 2.05) is 51.1 Å².